The van der Waals surface area contributed by atoms with Gasteiger partial charge in [0.1, 0.15) is 5.75 Å². The monoisotopic (exact) mass is 328 g/mol. The molecule has 2 heterocycles. The molecule has 0 saturated carbocycles. The molecule has 2 bridgehead atoms. The number of carbonyl (C=O) groups is 1. The van der Waals surface area contributed by atoms with Crippen molar-refractivity contribution < 1.29 is 9.53 Å². The molecule has 4 rings (SSSR count). The zero-order valence-electron chi connectivity index (χ0n) is 13.0. The summed E-state index contributed by atoms with van der Waals surface area (Å²) in [6, 6.07) is 13.2. The van der Waals surface area contributed by atoms with Crippen LogP contribution in [0.1, 0.15) is 30.5 Å². The molecule has 4 nitrogen and oxygen atoms in total. The van der Waals surface area contributed by atoms with E-state index in [-0.39, 0.29) is 12.1 Å². The first kappa shape index (κ1) is 14.4. The number of hydrogen-bond acceptors (Lipinski definition) is 2. The van der Waals surface area contributed by atoms with Crippen molar-refractivity contribution in [2.75, 3.05) is 4.90 Å². The van der Waals surface area contributed by atoms with Gasteiger partial charge in [-0.15, -0.1) is 0 Å². The van der Waals surface area contributed by atoms with E-state index in [4.69, 9.17) is 16.3 Å². The lowest BCUT2D eigenvalue weighted by molar-refractivity contribution is 0.0379. The Kier molecular flexibility index (Phi) is 3.07. The molecular formula is C18H17ClN2O2. The quantitative estimate of drug-likeness (QED) is 0.842. The molecule has 2 amide bonds. The molecule has 0 spiro atoms. The lowest BCUT2D eigenvalue weighted by Crippen LogP contribution is -2.65. The number of halogens is 1. The van der Waals surface area contributed by atoms with Crippen molar-refractivity contribution >= 4 is 23.3 Å². The maximum absolute atomic E-state index is 12.7. The second kappa shape index (κ2) is 4.90. The highest BCUT2D eigenvalue weighted by Crippen LogP contribution is 2.46. The molecule has 2 aliphatic rings. The first-order valence-electron chi connectivity index (χ1n) is 7.62. The molecule has 1 fully saturated rings. The zero-order valence-corrected chi connectivity index (χ0v) is 13.7. The van der Waals surface area contributed by atoms with Gasteiger partial charge in [0.2, 0.25) is 0 Å². The Morgan fingerprint density at radius 1 is 1.26 bits per heavy atom. The first-order valence-corrected chi connectivity index (χ1v) is 8.00. The summed E-state index contributed by atoms with van der Waals surface area (Å²) in [5.41, 5.74) is 2.19. The predicted octanol–water partition coefficient (Wildman–Crippen LogP) is 4.42. The van der Waals surface area contributed by atoms with E-state index in [9.17, 15) is 4.79 Å². The van der Waals surface area contributed by atoms with Gasteiger partial charge in [-0.05, 0) is 44.2 Å². The largest absolute Gasteiger partial charge is 0.467 e. The average Bonchev–Trinajstić information content (AvgIpc) is 2.49. The number of carbonyl (C=O) groups excluding carboxylic acids is 1. The van der Waals surface area contributed by atoms with Gasteiger partial charge in [-0.25, -0.2) is 4.79 Å². The number of benzene rings is 2. The van der Waals surface area contributed by atoms with Gasteiger partial charge in [0.15, 0.2) is 5.72 Å². The summed E-state index contributed by atoms with van der Waals surface area (Å²) in [5, 5.41) is 3.71. The summed E-state index contributed by atoms with van der Waals surface area (Å²) < 4.78 is 6.22. The number of urea groups is 1. The fourth-order valence-electron chi connectivity index (χ4n) is 3.43. The number of rotatable bonds is 1. The molecule has 0 radical (unpaired) electrons. The Morgan fingerprint density at radius 3 is 2.74 bits per heavy atom. The smallest absolute Gasteiger partial charge is 0.325 e. The third kappa shape index (κ3) is 2.25. The van der Waals surface area contributed by atoms with Crippen LogP contribution in [-0.4, -0.2) is 11.8 Å². The van der Waals surface area contributed by atoms with Crippen LogP contribution in [0.15, 0.2) is 42.5 Å². The van der Waals surface area contributed by atoms with Crippen molar-refractivity contribution in [3.05, 3.63) is 58.6 Å². The van der Waals surface area contributed by atoms with Crippen LogP contribution in [-0.2, 0) is 0 Å². The minimum absolute atomic E-state index is 0.0864. The highest BCUT2D eigenvalue weighted by Gasteiger charge is 2.49. The Morgan fingerprint density at radius 2 is 2.00 bits per heavy atom. The summed E-state index contributed by atoms with van der Waals surface area (Å²) in [4.78, 5) is 14.4. The van der Waals surface area contributed by atoms with Crippen LogP contribution >= 0.6 is 11.6 Å². The van der Waals surface area contributed by atoms with Crippen LogP contribution in [0.3, 0.4) is 0 Å². The molecular weight excluding hydrogens is 312 g/mol. The molecule has 5 heteroatoms. The van der Waals surface area contributed by atoms with E-state index >= 15 is 0 Å². The normalized spacial score (nSPS) is 25.4. The molecule has 1 saturated heterocycles. The highest BCUT2D eigenvalue weighted by atomic mass is 35.5. The molecule has 0 aromatic heterocycles. The van der Waals surface area contributed by atoms with Crippen LogP contribution < -0.4 is 15.0 Å². The number of fused-ring (bicyclic) bond motifs is 4. The van der Waals surface area contributed by atoms with Crippen molar-refractivity contribution in [3.8, 4) is 5.75 Å². The molecule has 23 heavy (non-hydrogen) atoms. The van der Waals surface area contributed by atoms with Crippen molar-refractivity contribution in [1.82, 2.24) is 5.32 Å². The summed E-state index contributed by atoms with van der Waals surface area (Å²) in [6.45, 7) is 3.98. The van der Waals surface area contributed by atoms with E-state index in [1.54, 1.807) is 4.90 Å². The van der Waals surface area contributed by atoms with E-state index in [1.165, 1.54) is 0 Å². The van der Waals surface area contributed by atoms with Gasteiger partial charge >= 0.3 is 6.03 Å². The highest BCUT2D eigenvalue weighted by molar-refractivity contribution is 6.30. The Bertz CT molecular complexity index is 790. The van der Waals surface area contributed by atoms with Crippen LogP contribution in [0.4, 0.5) is 10.5 Å². The van der Waals surface area contributed by atoms with Gasteiger partial charge in [-0.3, -0.25) is 4.90 Å². The van der Waals surface area contributed by atoms with Crippen LogP contribution in [0, 0.1) is 6.92 Å². The van der Waals surface area contributed by atoms with Crippen LogP contribution in [0.25, 0.3) is 0 Å². The molecule has 2 unspecified atom stereocenters. The van der Waals surface area contributed by atoms with Crippen molar-refractivity contribution in [2.24, 2.45) is 0 Å². The third-order valence-electron chi connectivity index (χ3n) is 4.53. The lowest BCUT2D eigenvalue weighted by Gasteiger charge is -2.50. The van der Waals surface area contributed by atoms with Gasteiger partial charge < -0.3 is 10.1 Å². The maximum atomic E-state index is 12.7. The van der Waals surface area contributed by atoms with Crippen LogP contribution in [0.2, 0.25) is 5.02 Å². The number of amides is 2. The van der Waals surface area contributed by atoms with Crippen LogP contribution in [0.5, 0.6) is 5.75 Å². The minimum Gasteiger partial charge on any atom is -0.467 e. The van der Waals surface area contributed by atoms with E-state index in [2.05, 4.69) is 5.32 Å². The molecule has 2 aliphatic heterocycles. The molecule has 118 valence electrons. The lowest BCUT2D eigenvalue weighted by atomic mass is 9.90. The zero-order chi connectivity index (χ0) is 16.2. The van der Waals surface area contributed by atoms with Crippen molar-refractivity contribution in [3.63, 3.8) is 0 Å². The number of nitrogens with one attached hydrogen (secondary N) is 1. The second-order valence-corrected chi connectivity index (χ2v) is 6.77. The number of aryl methyl sites for hydroxylation is 1. The van der Waals surface area contributed by atoms with E-state index in [1.807, 2.05) is 56.3 Å². The molecule has 2 atom stereocenters. The topological polar surface area (TPSA) is 41.6 Å². The number of hydrogen-bond donors (Lipinski definition) is 1. The van der Waals surface area contributed by atoms with Crippen molar-refractivity contribution in [2.45, 2.75) is 32.0 Å². The molecule has 2 aromatic rings. The number of ether oxygens (including phenoxy) is 1. The maximum Gasteiger partial charge on any atom is 0.325 e. The third-order valence-corrected chi connectivity index (χ3v) is 4.76. The fraction of sp³-hybridized carbons (Fsp3) is 0.278. The average molecular weight is 329 g/mol. The number of anilines is 1. The van der Waals surface area contributed by atoms with Gasteiger partial charge in [-0.2, -0.15) is 0 Å². The predicted molar refractivity (Wildman–Crippen MR) is 90.0 cm³/mol. The van der Waals surface area contributed by atoms with Gasteiger partial charge in [0.05, 0.1) is 6.04 Å². The van der Waals surface area contributed by atoms with E-state index in [0.29, 0.717) is 11.4 Å². The van der Waals surface area contributed by atoms with Gasteiger partial charge in [-0.1, -0.05) is 29.3 Å². The van der Waals surface area contributed by atoms with Crippen molar-refractivity contribution in [1.29, 1.82) is 0 Å². The second-order valence-electron chi connectivity index (χ2n) is 6.34. The Balaban J connectivity index is 1.79. The fourth-order valence-corrected chi connectivity index (χ4v) is 3.61. The van der Waals surface area contributed by atoms with E-state index in [0.717, 1.165) is 22.6 Å². The Labute approximate surface area is 140 Å². The Hall–Kier alpha value is -2.20. The summed E-state index contributed by atoms with van der Waals surface area (Å²) in [5.74, 6) is 0.769. The summed E-state index contributed by atoms with van der Waals surface area (Å²) in [6.07, 6.45) is 0.667. The molecule has 1 N–H and O–H groups in total. The van der Waals surface area contributed by atoms with E-state index < -0.39 is 5.72 Å². The van der Waals surface area contributed by atoms with Gasteiger partial charge in [0, 0.05) is 22.7 Å². The standard InChI is InChI=1S/C18H17ClN2O2/c1-11-3-6-13(7-4-11)21-17(22)20-15-10-18(21,2)23-16-8-5-12(19)9-14(15)16/h3-9,15H,10H2,1-2H3,(H,20,22). The SMILES string of the molecule is Cc1ccc(N2C(=O)NC3CC2(C)Oc2ccc(Cl)cc23)cc1. The first-order chi connectivity index (χ1) is 11.0. The summed E-state index contributed by atoms with van der Waals surface area (Å²) in [7, 11) is 0. The van der Waals surface area contributed by atoms with Gasteiger partial charge in [0.25, 0.3) is 0 Å². The summed E-state index contributed by atoms with van der Waals surface area (Å²) >= 11 is 6.09. The molecule has 2 aromatic carbocycles. The molecule has 0 aliphatic carbocycles. The minimum atomic E-state index is -0.719. The number of nitrogens with zero attached hydrogens (tertiary/aromatic N) is 1.